The highest BCUT2D eigenvalue weighted by Crippen LogP contribution is 2.13. The molecule has 0 fully saturated rings. The number of carbonyl (C=O) groups is 2. The summed E-state index contributed by atoms with van der Waals surface area (Å²) in [5, 5.41) is 3.58. The van der Waals surface area contributed by atoms with E-state index in [1.807, 2.05) is 0 Å². The molecule has 0 atom stereocenters. The van der Waals surface area contributed by atoms with Crippen molar-refractivity contribution in [3.63, 3.8) is 0 Å². The van der Waals surface area contributed by atoms with Gasteiger partial charge >= 0.3 is 5.97 Å². The number of nitrogens with zero attached hydrogens (tertiary/aromatic N) is 2. The van der Waals surface area contributed by atoms with E-state index in [0.717, 1.165) is 0 Å². The third kappa shape index (κ3) is 4.30. The Balaban J connectivity index is 1.88. The Kier molecular flexibility index (Phi) is 4.50. The van der Waals surface area contributed by atoms with Crippen LogP contribution in [0.4, 0.5) is 0 Å². The van der Waals surface area contributed by atoms with Gasteiger partial charge in [-0.3, -0.25) is 4.79 Å². The minimum atomic E-state index is -0.576. The van der Waals surface area contributed by atoms with Gasteiger partial charge in [-0.1, -0.05) is 5.16 Å². The zero-order chi connectivity index (χ0) is 15.2. The molecule has 1 amide bonds. The van der Waals surface area contributed by atoms with Gasteiger partial charge in [-0.15, -0.1) is 0 Å². The second-order valence-electron chi connectivity index (χ2n) is 4.09. The lowest BCUT2D eigenvalue weighted by atomic mass is 10.2. The van der Waals surface area contributed by atoms with Crippen molar-refractivity contribution < 1.29 is 23.6 Å². The molecular formula is C13H13N3O5. The molecule has 0 spiro atoms. The molecule has 1 heterocycles. The summed E-state index contributed by atoms with van der Waals surface area (Å²) in [5.41, 5.74) is 5.29. The van der Waals surface area contributed by atoms with Crippen molar-refractivity contribution in [3.05, 3.63) is 41.5 Å². The first-order valence-electron chi connectivity index (χ1n) is 6.02. The van der Waals surface area contributed by atoms with E-state index in [9.17, 15) is 9.59 Å². The molecule has 0 aliphatic carbocycles. The lowest BCUT2D eigenvalue weighted by molar-refractivity contribution is -0.119. The zero-order valence-electron chi connectivity index (χ0n) is 11.2. The first-order chi connectivity index (χ1) is 10.0. The number of benzene rings is 1. The van der Waals surface area contributed by atoms with Crippen molar-refractivity contribution in [2.45, 2.75) is 13.5 Å². The summed E-state index contributed by atoms with van der Waals surface area (Å²) in [4.78, 5) is 26.3. The summed E-state index contributed by atoms with van der Waals surface area (Å²) in [6, 6.07) is 6.10. The fourth-order valence-electron chi connectivity index (χ4n) is 1.45. The van der Waals surface area contributed by atoms with Crippen LogP contribution in [0.1, 0.15) is 22.1 Å². The predicted octanol–water partition coefficient (Wildman–Crippen LogP) is 0.599. The number of rotatable bonds is 6. The molecule has 2 N–H and O–H groups in total. The molecule has 2 rings (SSSR count). The lowest BCUT2D eigenvalue weighted by Gasteiger charge is -2.05. The Bertz CT molecular complexity index is 636. The minimum Gasteiger partial charge on any atom is -0.484 e. The summed E-state index contributed by atoms with van der Waals surface area (Å²) in [5.74, 6) is 0.0118. The molecular weight excluding hydrogens is 278 g/mol. The van der Waals surface area contributed by atoms with Crippen LogP contribution < -0.4 is 10.5 Å². The fourth-order valence-corrected chi connectivity index (χ4v) is 1.45. The number of hydrogen-bond acceptors (Lipinski definition) is 7. The molecule has 0 saturated heterocycles. The second-order valence-corrected chi connectivity index (χ2v) is 4.09. The van der Waals surface area contributed by atoms with Crippen LogP contribution in [0.2, 0.25) is 0 Å². The van der Waals surface area contributed by atoms with Gasteiger partial charge in [0.05, 0.1) is 5.56 Å². The molecule has 0 bridgehead atoms. The molecule has 8 nitrogen and oxygen atoms in total. The van der Waals surface area contributed by atoms with Gasteiger partial charge in [0.25, 0.3) is 11.8 Å². The van der Waals surface area contributed by atoms with Crippen LogP contribution in [0.5, 0.6) is 5.75 Å². The average Bonchev–Trinajstić information content (AvgIpc) is 2.89. The van der Waals surface area contributed by atoms with Crippen molar-refractivity contribution in [3.8, 4) is 5.75 Å². The third-order valence-corrected chi connectivity index (χ3v) is 2.37. The van der Waals surface area contributed by atoms with Crippen LogP contribution in [-0.4, -0.2) is 28.6 Å². The number of hydrogen-bond donors (Lipinski definition) is 1. The second kappa shape index (κ2) is 6.51. The maximum Gasteiger partial charge on any atom is 0.338 e. The number of primary amides is 1. The van der Waals surface area contributed by atoms with Crippen molar-refractivity contribution >= 4 is 11.9 Å². The Morgan fingerprint density at radius 1 is 1.29 bits per heavy atom. The number of carbonyl (C=O) groups excluding carboxylic acids is 2. The van der Waals surface area contributed by atoms with E-state index in [2.05, 4.69) is 10.1 Å². The third-order valence-electron chi connectivity index (χ3n) is 2.37. The Hall–Kier alpha value is -2.90. The maximum absolute atomic E-state index is 11.8. The van der Waals surface area contributed by atoms with Crippen molar-refractivity contribution in [1.29, 1.82) is 0 Å². The molecule has 0 saturated carbocycles. The SMILES string of the molecule is Cc1noc(COC(=O)c2ccc(OCC(N)=O)cc2)n1. The monoisotopic (exact) mass is 291 g/mol. The first-order valence-corrected chi connectivity index (χ1v) is 6.02. The zero-order valence-corrected chi connectivity index (χ0v) is 11.2. The standard InChI is InChI=1S/C13H13N3O5/c1-8-15-12(21-16-8)7-20-13(18)9-2-4-10(5-3-9)19-6-11(14)17/h2-5H,6-7H2,1H3,(H2,14,17). The van der Waals surface area contributed by atoms with Gasteiger partial charge in [0.1, 0.15) is 5.75 Å². The molecule has 1 aromatic heterocycles. The van der Waals surface area contributed by atoms with E-state index in [1.165, 1.54) is 24.3 Å². The molecule has 1 aromatic carbocycles. The lowest BCUT2D eigenvalue weighted by Crippen LogP contribution is -2.20. The highest BCUT2D eigenvalue weighted by atomic mass is 16.6. The molecule has 0 aliphatic rings. The van der Waals surface area contributed by atoms with E-state index < -0.39 is 11.9 Å². The number of amides is 1. The molecule has 0 aliphatic heterocycles. The van der Waals surface area contributed by atoms with Gasteiger partial charge in [0.2, 0.25) is 0 Å². The quantitative estimate of drug-likeness (QED) is 0.774. The van der Waals surface area contributed by atoms with Crippen LogP contribution in [0.25, 0.3) is 0 Å². The number of aromatic nitrogens is 2. The highest BCUT2D eigenvalue weighted by Gasteiger charge is 2.10. The summed E-state index contributed by atoms with van der Waals surface area (Å²) in [6.45, 7) is 1.35. The van der Waals surface area contributed by atoms with E-state index in [1.54, 1.807) is 6.92 Å². The largest absolute Gasteiger partial charge is 0.484 e. The number of nitrogens with two attached hydrogens (primary N) is 1. The number of ether oxygens (including phenoxy) is 2. The molecule has 2 aromatic rings. The van der Waals surface area contributed by atoms with E-state index in [4.69, 9.17) is 19.7 Å². The van der Waals surface area contributed by atoms with Gasteiger partial charge < -0.3 is 19.7 Å². The molecule has 21 heavy (non-hydrogen) atoms. The minimum absolute atomic E-state index is 0.0976. The average molecular weight is 291 g/mol. The summed E-state index contributed by atoms with van der Waals surface area (Å²) in [7, 11) is 0. The summed E-state index contributed by atoms with van der Waals surface area (Å²) in [6.07, 6.45) is 0. The molecule has 110 valence electrons. The van der Waals surface area contributed by atoms with Gasteiger partial charge in [0, 0.05) is 0 Å². The summed E-state index contributed by atoms with van der Waals surface area (Å²) >= 11 is 0. The van der Waals surface area contributed by atoms with Gasteiger partial charge in [0.15, 0.2) is 19.0 Å². The Labute approximate surface area is 119 Å². The van der Waals surface area contributed by atoms with Crippen LogP contribution >= 0.6 is 0 Å². The number of aryl methyl sites for hydroxylation is 1. The predicted molar refractivity (Wildman–Crippen MR) is 69.3 cm³/mol. The van der Waals surface area contributed by atoms with Crippen molar-refractivity contribution in [1.82, 2.24) is 10.1 Å². The highest BCUT2D eigenvalue weighted by molar-refractivity contribution is 5.89. The normalized spacial score (nSPS) is 10.1. The molecule has 0 radical (unpaired) electrons. The number of esters is 1. The van der Waals surface area contributed by atoms with Crippen LogP contribution in [-0.2, 0) is 16.1 Å². The van der Waals surface area contributed by atoms with E-state index in [-0.39, 0.29) is 19.1 Å². The Morgan fingerprint density at radius 3 is 2.57 bits per heavy atom. The van der Waals surface area contributed by atoms with Crippen LogP contribution in [0, 0.1) is 6.92 Å². The molecule has 0 unspecified atom stereocenters. The van der Waals surface area contributed by atoms with Crippen LogP contribution in [0.15, 0.2) is 28.8 Å². The van der Waals surface area contributed by atoms with Crippen LogP contribution in [0.3, 0.4) is 0 Å². The fraction of sp³-hybridized carbons (Fsp3) is 0.231. The van der Waals surface area contributed by atoms with Crippen molar-refractivity contribution in [2.75, 3.05) is 6.61 Å². The smallest absolute Gasteiger partial charge is 0.338 e. The topological polar surface area (TPSA) is 118 Å². The van der Waals surface area contributed by atoms with E-state index >= 15 is 0 Å². The van der Waals surface area contributed by atoms with Gasteiger partial charge in [-0.25, -0.2) is 4.79 Å². The Morgan fingerprint density at radius 2 is 2.00 bits per heavy atom. The van der Waals surface area contributed by atoms with Gasteiger partial charge in [-0.05, 0) is 31.2 Å². The van der Waals surface area contributed by atoms with E-state index in [0.29, 0.717) is 17.1 Å². The molecule has 8 heteroatoms. The van der Waals surface area contributed by atoms with Gasteiger partial charge in [-0.2, -0.15) is 4.98 Å². The van der Waals surface area contributed by atoms with Crippen molar-refractivity contribution in [2.24, 2.45) is 5.73 Å². The maximum atomic E-state index is 11.8. The first kappa shape index (κ1) is 14.5. The summed E-state index contributed by atoms with van der Waals surface area (Å²) < 4.78 is 14.9.